The quantitative estimate of drug-likeness (QED) is 0.746. The van der Waals surface area contributed by atoms with Crippen molar-refractivity contribution >= 4 is 5.69 Å². The summed E-state index contributed by atoms with van der Waals surface area (Å²) in [5.41, 5.74) is 7.33. The Labute approximate surface area is 89.9 Å². The van der Waals surface area contributed by atoms with Crippen molar-refractivity contribution in [3.8, 4) is 5.75 Å². The summed E-state index contributed by atoms with van der Waals surface area (Å²) < 4.78 is 5.07. The van der Waals surface area contributed by atoms with Crippen LogP contribution in [0.1, 0.15) is 30.9 Å². The molecule has 0 aliphatic heterocycles. The maximum Gasteiger partial charge on any atom is 0.120 e. The molecule has 1 saturated carbocycles. The maximum atomic E-state index is 10.1. The van der Waals surface area contributed by atoms with Crippen LogP contribution < -0.4 is 10.5 Å². The molecule has 1 atom stereocenters. The average Bonchev–Trinajstić information content (AvgIpc) is 2.14. The summed E-state index contributed by atoms with van der Waals surface area (Å²) in [4.78, 5) is 0. The van der Waals surface area contributed by atoms with Gasteiger partial charge in [0, 0.05) is 17.3 Å². The molecule has 15 heavy (non-hydrogen) atoms. The van der Waals surface area contributed by atoms with Crippen molar-refractivity contribution < 1.29 is 9.84 Å². The van der Waals surface area contributed by atoms with E-state index in [0.29, 0.717) is 11.6 Å². The zero-order chi connectivity index (χ0) is 10.8. The van der Waals surface area contributed by atoms with Crippen molar-refractivity contribution in [2.75, 3.05) is 12.8 Å². The fourth-order valence-electron chi connectivity index (χ4n) is 1.96. The third kappa shape index (κ3) is 1.92. The molecule has 0 aromatic heterocycles. The van der Waals surface area contributed by atoms with Crippen LogP contribution in [0.2, 0.25) is 0 Å². The molecule has 2 rings (SSSR count). The molecule has 0 spiro atoms. The van der Waals surface area contributed by atoms with Gasteiger partial charge in [-0.15, -0.1) is 0 Å². The van der Waals surface area contributed by atoms with Crippen LogP contribution in [0.15, 0.2) is 18.2 Å². The molecule has 0 amide bonds. The predicted molar refractivity (Wildman–Crippen MR) is 59.7 cm³/mol. The second kappa shape index (κ2) is 4.11. The number of aliphatic hydroxyl groups excluding tert-OH is 1. The number of methoxy groups -OCH3 is 1. The summed E-state index contributed by atoms with van der Waals surface area (Å²) in [6.45, 7) is 0. The second-order valence-electron chi connectivity index (χ2n) is 4.13. The van der Waals surface area contributed by atoms with Crippen LogP contribution in [0.25, 0.3) is 0 Å². The van der Waals surface area contributed by atoms with Crippen LogP contribution >= 0.6 is 0 Å². The first-order valence-electron chi connectivity index (χ1n) is 5.34. The molecular formula is C12H17NO2. The minimum atomic E-state index is -0.412. The number of nitrogen functional groups attached to an aromatic ring is 1. The first kappa shape index (κ1) is 10.3. The normalized spacial score (nSPS) is 18.3. The molecule has 1 aliphatic rings. The van der Waals surface area contributed by atoms with Gasteiger partial charge in [0.1, 0.15) is 5.75 Å². The molecule has 3 heteroatoms. The largest absolute Gasteiger partial charge is 0.497 e. The first-order chi connectivity index (χ1) is 7.22. The molecule has 0 radical (unpaired) electrons. The van der Waals surface area contributed by atoms with Crippen LogP contribution in [0.4, 0.5) is 5.69 Å². The van der Waals surface area contributed by atoms with Gasteiger partial charge in [0.15, 0.2) is 0 Å². The van der Waals surface area contributed by atoms with E-state index < -0.39 is 6.10 Å². The third-order valence-corrected chi connectivity index (χ3v) is 3.21. The third-order valence-electron chi connectivity index (χ3n) is 3.21. The highest BCUT2D eigenvalue weighted by Gasteiger charge is 2.27. The highest BCUT2D eigenvalue weighted by atomic mass is 16.5. The number of hydrogen-bond donors (Lipinski definition) is 2. The fraction of sp³-hybridized carbons (Fsp3) is 0.500. The van der Waals surface area contributed by atoms with Crippen molar-refractivity contribution in [3.63, 3.8) is 0 Å². The number of ether oxygens (including phenoxy) is 1. The van der Waals surface area contributed by atoms with Gasteiger partial charge in [-0.25, -0.2) is 0 Å². The summed E-state index contributed by atoms with van der Waals surface area (Å²) in [7, 11) is 1.61. The van der Waals surface area contributed by atoms with Crippen LogP contribution in [0, 0.1) is 5.92 Å². The van der Waals surface area contributed by atoms with E-state index in [0.717, 1.165) is 24.2 Å². The number of hydrogen-bond acceptors (Lipinski definition) is 3. The Hall–Kier alpha value is -1.22. The molecule has 0 heterocycles. The lowest BCUT2D eigenvalue weighted by Crippen LogP contribution is -2.20. The Balaban J connectivity index is 2.19. The van der Waals surface area contributed by atoms with E-state index in [-0.39, 0.29) is 0 Å². The Morgan fingerprint density at radius 3 is 2.67 bits per heavy atom. The van der Waals surface area contributed by atoms with Crippen molar-refractivity contribution in [2.45, 2.75) is 25.4 Å². The van der Waals surface area contributed by atoms with Gasteiger partial charge in [0.25, 0.3) is 0 Å². The highest BCUT2D eigenvalue weighted by Crippen LogP contribution is 2.39. The molecule has 0 bridgehead atoms. The van der Waals surface area contributed by atoms with Gasteiger partial charge in [-0.2, -0.15) is 0 Å². The number of aliphatic hydroxyl groups is 1. The summed E-state index contributed by atoms with van der Waals surface area (Å²) in [6, 6.07) is 5.46. The van der Waals surface area contributed by atoms with Crippen molar-refractivity contribution in [1.29, 1.82) is 0 Å². The molecule has 1 unspecified atom stereocenters. The molecule has 1 aromatic rings. The van der Waals surface area contributed by atoms with Gasteiger partial charge in [-0.1, -0.05) is 12.5 Å². The maximum absolute atomic E-state index is 10.1. The monoisotopic (exact) mass is 207 g/mol. The van der Waals surface area contributed by atoms with E-state index in [1.807, 2.05) is 12.1 Å². The van der Waals surface area contributed by atoms with Gasteiger partial charge >= 0.3 is 0 Å². The van der Waals surface area contributed by atoms with E-state index in [9.17, 15) is 5.11 Å². The molecule has 1 aromatic carbocycles. The summed E-state index contributed by atoms with van der Waals surface area (Å²) in [5.74, 6) is 1.12. The topological polar surface area (TPSA) is 55.5 Å². The van der Waals surface area contributed by atoms with Gasteiger partial charge in [0.2, 0.25) is 0 Å². The second-order valence-corrected chi connectivity index (χ2v) is 4.13. The SMILES string of the molecule is COc1ccc(C(O)C2CCC2)c(N)c1. The lowest BCUT2D eigenvalue weighted by molar-refractivity contribution is 0.0626. The Bertz CT molecular complexity index is 347. The summed E-state index contributed by atoms with van der Waals surface area (Å²) in [6.07, 6.45) is 3.02. The number of rotatable bonds is 3. The van der Waals surface area contributed by atoms with Crippen LogP contribution in [0.3, 0.4) is 0 Å². The van der Waals surface area contributed by atoms with E-state index in [1.165, 1.54) is 6.42 Å². The van der Waals surface area contributed by atoms with Gasteiger partial charge in [-0.05, 0) is 24.8 Å². The highest BCUT2D eigenvalue weighted by molar-refractivity contribution is 5.52. The molecule has 82 valence electrons. The summed E-state index contributed by atoms with van der Waals surface area (Å²) in [5, 5.41) is 10.1. The zero-order valence-electron chi connectivity index (χ0n) is 8.94. The number of nitrogens with two attached hydrogens (primary N) is 1. The lowest BCUT2D eigenvalue weighted by atomic mass is 9.78. The standard InChI is InChI=1S/C12H17NO2/c1-15-9-5-6-10(11(13)7-9)12(14)8-3-2-4-8/h5-8,12,14H,2-4,13H2,1H3. The van der Waals surface area contributed by atoms with E-state index in [2.05, 4.69) is 0 Å². The van der Waals surface area contributed by atoms with E-state index >= 15 is 0 Å². The summed E-state index contributed by atoms with van der Waals surface area (Å²) >= 11 is 0. The predicted octanol–water partition coefficient (Wildman–Crippen LogP) is 2.11. The van der Waals surface area contributed by atoms with Gasteiger partial charge in [-0.3, -0.25) is 0 Å². The Morgan fingerprint density at radius 2 is 2.20 bits per heavy atom. The van der Waals surface area contributed by atoms with Crippen LogP contribution in [-0.2, 0) is 0 Å². The molecule has 0 saturated heterocycles. The minimum absolute atomic E-state index is 0.390. The first-order valence-corrected chi connectivity index (χ1v) is 5.34. The van der Waals surface area contributed by atoms with E-state index in [4.69, 9.17) is 10.5 Å². The molecule has 3 nitrogen and oxygen atoms in total. The van der Waals surface area contributed by atoms with Gasteiger partial charge < -0.3 is 15.6 Å². The van der Waals surface area contributed by atoms with Crippen molar-refractivity contribution in [2.24, 2.45) is 5.92 Å². The van der Waals surface area contributed by atoms with Crippen molar-refractivity contribution in [3.05, 3.63) is 23.8 Å². The fourth-order valence-corrected chi connectivity index (χ4v) is 1.96. The molecule has 1 fully saturated rings. The van der Waals surface area contributed by atoms with E-state index in [1.54, 1.807) is 13.2 Å². The average molecular weight is 207 g/mol. The lowest BCUT2D eigenvalue weighted by Gasteiger charge is -2.31. The Morgan fingerprint density at radius 1 is 1.47 bits per heavy atom. The zero-order valence-corrected chi connectivity index (χ0v) is 8.94. The number of anilines is 1. The molecular weight excluding hydrogens is 190 g/mol. The molecule has 1 aliphatic carbocycles. The van der Waals surface area contributed by atoms with Crippen LogP contribution in [-0.4, -0.2) is 12.2 Å². The van der Waals surface area contributed by atoms with Crippen LogP contribution in [0.5, 0.6) is 5.75 Å². The van der Waals surface area contributed by atoms with Crippen molar-refractivity contribution in [1.82, 2.24) is 0 Å². The Kier molecular flexibility index (Phi) is 2.82. The minimum Gasteiger partial charge on any atom is -0.497 e. The smallest absolute Gasteiger partial charge is 0.120 e. The number of benzene rings is 1. The van der Waals surface area contributed by atoms with Gasteiger partial charge in [0.05, 0.1) is 13.2 Å². The molecule has 3 N–H and O–H groups in total.